The summed E-state index contributed by atoms with van der Waals surface area (Å²) in [5.74, 6) is -1.00. The molecule has 2 heterocycles. The van der Waals surface area contributed by atoms with Crippen molar-refractivity contribution in [2.75, 3.05) is 18.4 Å². The number of carbonyl (C=O) groups excluding carboxylic acids is 1. The second-order valence-electron chi connectivity index (χ2n) is 5.53. The number of rotatable bonds is 4. The largest absolute Gasteiger partial charge is 0.350 e. The number of aromatic nitrogens is 2. The first-order chi connectivity index (χ1) is 11.9. The molecule has 3 rings (SSSR count). The molecule has 8 nitrogen and oxygen atoms in total. The van der Waals surface area contributed by atoms with E-state index in [0.29, 0.717) is 30.5 Å². The van der Waals surface area contributed by atoms with E-state index in [1.54, 1.807) is 4.90 Å². The number of nitrogens with one attached hydrogen (secondary N) is 1. The van der Waals surface area contributed by atoms with E-state index in [-0.39, 0.29) is 17.5 Å². The summed E-state index contributed by atoms with van der Waals surface area (Å²) in [5, 5.41) is 14.2. The third kappa shape index (κ3) is 3.82. The van der Waals surface area contributed by atoms with Gasteiger partial charge in [0.25, 0.3) is 5.91 Å². The Morgan fingerprint density at radius 1 is 1.40 bits per heavy atom. The second-order valence-corrected chi connectivity index (χ2v) is 5.97. The number of likely N-dealkylation sites (tertiary alicyclic amines) is 1. The van der Waals surface area contributed by atoms with Crippen molar-refractivity contribution in [2.24, 2.45) is 0 Å². The average molecular weight is 366 g/mol. The lowest BCUT2D eigenvalue weighted by atomic mass is 10.1. The molecule has 0 aliphatic carbocycles. The van der Waals surface area contributed by atoms with Crippen LogP contribution in [0.15, 0.2) is 30.6 Å². The maximum absolute atomic E-state index is 13.7. The lowest BCUT2D eigenvalue weighted by Gasteiger charge is -2.17. The Bertz CT molecular complexity index is 817. The molecular weight excluding hydrogens is 353 g/mol. The van der Waals surface area contributed by atoms with Crippen LogP contribution >= 0.6 is 11.6 Å². The average Bonchev–Trinajstić information content (AvgIpc) is 3.04. The Kier molecular flexibility index (Phi) is 4.75. The van der Waals surface area contributed by atoms with Crippen LogP contribution in [-0.4, -0.2) is 44.8 Å². The molecule has 0 spiro atoms. The molecule has 130 valence electrons. The van der Waals surface area contributed by atoms with Crippen molar-refractivity contribution in [3.63, 3.8) is 0 Å². The standard InChI is InChI=1S/C15H13ClFN5O3/c16-10-6-18-15(19-7-10)20-11-3-4-21(8-11)14(23)9-1-2-13(22(24)25)12(17)5-9/h1-2,5-7,11H,3-4,8H2,(H,18,19,20)/t11-/m0/s1. The first-order valence-corrected chi connectivity index (χ1v) is 7.79. The van der Waals surface area contributed by atoms with Crippen molar-refractivity contribution >= 4 is 29.1 Å². The lowest BCUT2D eigenvalue weighted by molar-refractivity contribution is -0.387. The number of halogens is 2. The van der Waals surface area contributed by atoms with Gasteiger partial charge in [0, 0.05) is 30.8 Å². The summed E-state index contributed by atoms with van der Waals surface area (Å²) in [7, 11) is 0. The molecule has 1 aromatic carbocycles. The molecule has 0 unspecified atom stereocenters. The SMILES string of the molecule is O=C(c1ccc([N+](=O)[O-])c(F)c1)N1CC[C@H](Nc2ncc(Cl)cn2)C1. The zero-order chi connectivity index (χ0) is 18.0. The van der Waals surface area contributed by atoms with Crippen LogP contribution in [0.2, 0.25) is 5.02 Å². The van der Waals surface area contributed by atoms with Gasteiger partial charge in [-0.05, 0) is 18.6 Å². The lowest BCUT2D eigenvalue weighted by Crippen LogP contribution is -2.32. The Labute approximate surface area is 146 Å². The molecule has 1 N–H and O–H groups in total. The van der Waals surface area contributed by atoms with Crippen LogP contribution in [0.4, 0.5) is 16.0 Å². The molecule has 0 radical (unpaired) electrons. The summed E-state index contributed by atoms with van der Waals surface area (Å²) >= 11 is 5.73. The highest BCUT2D eigenvalue weighted by molar-refractivity contribution is 6.30. The zero-order valence-electron chi connectivity index (χ0n) is 12.9. The van der Waals surface area contributed by atoms with Crippen molar-refractivity contribution < 1.29 is 14.1 Å². The van der Waals surface area contributed by atoms with E-state index in [1.807, 2.05) is 0 Å². The van der Waals surface area contributed by atoms with Crippen LogP contribution in [0.1, 0.15) is 16.8 Å². The Morgan fingerprint density at radius 2 is 2.12 bits per heavy atom. The normalized spacial score (nSPS) is 16.7. The molecule has 10 heteroatoms. The number of nitrogens with zero attached hydrogens (tertiary/aromatic N) is 4. The quantitative estimate of drug-likeness (QED) is 0.659. The van der Waals surface area contributed by atoms with Gasteiger partial charge in [-0.15, -0.1) is 0 Å². The highest BCUT2D eigenvalue weighted by Gasteiger charge is 2.28. The van der Waals surface area contributed by atoms with Crippen molar-refractivity contribution in [3.05, 3.63) is 57.1 Å². The highest BCUT2D eigenvalue weighted by Crippen LogP contribution is 2.21. The number of benzene rings is 1. The summed E-state index contributed by atoms with van der Waals surface area (Å²) in [5.41, 5.74) is -0.580. The van der Waals surface area contributed by atoms with Crippen LogP contribution < -0.4 is 5.32 Å². The molecule has 1 atom stereocenters. The molecule has 1 amide bonds. The Hall–Kier alpha value is -2.81. The van der Waals surface area contributed by atoms with E-state index in [2.05, 4.69) is 15.3 Å². The molecule has 1 fully saturated rings. The van der Waals surface area contributed by atoms with Gasteiger partial charge in [0.1, 0.15) is 0 Å². The van der Waals surface area contributed by atoms with Crippen LogP contribution in [0.5, 0.6) is 0 Å². The Balaban J connectivity index is 1.65. The van der Waals surface area contributed by atoms with Gasteiger partial charge in [-0.25, -0.2) is 9.97 Å². The number of amides is 1. The fourth-order valence-electron chi connectivity index (χ4n) is 2.60. The van der Waals surface area contributed by atoms with E-state index >= 15 is 0 Å². The van der Waals surface area contributed by atoms with Crippen LogP contribution in [0.3, 0.4) is 0 Å². The molecule has 1 aliphatic rings. The van der Waals surface area contributed by atoms with Gasteiger partial charge in [0.05, 0.1) is 22.3 Å². The predicted octanol–water partition coefficient (Wildman–Crippen LogP) is 2.50. The first kappa shape index (κ1) is 17.0. The van der Waals surface area contributed by atoms with Crippen LogP contribution in [-0.2, 0) is 0 Å². The monoisotopic (exact) mass is 365 g/mol. The third-order valence-corrected chi connectivity index (χ3v) is 4.02. The summed E-state index contributed by atoms with van der Waals surface area (Å²) in [6.07, 6.45) is 3.61. The van der Waals surface area contributed by atoms with Crippen LogP contribution in [0, 0.1) is 15.9 Å². The Morgan fingerprint density at radius 3 is 2.76 bits per heavy atom. The van der Waals surface area contributed by atoms with Gasteiger partial charge in [0.2, 0.25) is 11.8 Å². The smallest absolute Gasteiger partial charge is 0.304 e. The number of nitro benzene ring substituents is 1. The molecule has 1 aliphatic heterocycles. The summed E-state index contributed by atoms with van der Waals surface area (Å²) in [4.78, 5) is 31.9. The minimum Gasteiger partial charge on any atom is -0.350 e. The van der Waals surface area contributed by atoms with E-state index in [0.717, 1.165) is 12.1 Å². The van der Waals surface area contributed by atoms with Crippen molar-refractivity contribution in [1.29, 1.82) is 0 Å². The minimum atomic E-state index is -1.03. The maximum Gasteiger partial charge on any atom is 0.304 e. The number of anilines is 1. The van der Waals surface area contributed by atoms with Gasteiger partial charge in [-0.2, -0.15) is 4.39 Å². The van der Waals surface area contributed by atoms with Gasteiger partial charge in [-0.1, -0.05) is 11.6 Å². The van der Waals surface area contributed by atoms with Crippen LogP contribution in [0.25, 0.3) is 0 Å². The molecule has 0 saturated carbocycles. The number of nitro groups is 1. The van der Waals surface area contributed by atoms with Gasteiger partial charge >= 0.3 is 5.69 Å². The molecule has 1 aromatic heterocycles. The van der Waals surface area contributed by atoms with Crippen molar-refractivity contribution in [1.82, 2.24) is 14.9 Å². The summed E-state index contributed by atoms with van der Waals surface area (Å²) in [6.45, 7) is 0.867. The third-order valence-electron chi connectivity index (χ3n) is 3.82. The van der Waals surface area contributed by atoms with Crippen molar-refractivity contribution in [3.8, 4) is 0 Å². The molecular formula is C15H13ClFN5O3. The number of hydrogen-bond acceptors (Lipinski definition) is 6. The van der Waals surface area contributed by atoms with Crippen molar-refractivity contribution in [2.45, 2.75) is 12.5 Å². The first-order valence-electron chi connectivity index (χ1n) is 7.41. The zero-order valence-corrected chi connectivity index (χ0v) is 13.6. The van der Waals surface area contributed by atoms with Gasteiger partial charge in [0.15, 0.2) is 0 Å². The fraction of sp³-hybridized carbons (Fsp3) is 0.267. The highest BCUT2D eigenvalue weighted by atomic mass is 35.5. The molecule has 25 heavy (non-hydrogen) atoms. The fourth-order valence-corrected chi connectivity index (χ4v) is 2.70. The minimum absolute atomic E-state index is 0.0481. The van der Waals surface area contributed by atoms with E-state index in [4.69, 9.17) is 11.6 Å². The topological polar surface area (TPSA) is 101 Å². The maximum atomic E-state index is 13.7. The summed E-state index contributed by atoms with van der Waals surface area (Å²) in [6, 6.07) is 3.10. The second kappa shape index (κ2) is 6.98. The molecule has 2 aromatic rings. The van der Waals surface area contributed by atoms with E-state index < -0.39 is 16.4 Å². The number of carbonyl (C=O) groups is 1. The molecule has 1 saturated heterocycles. The van der Waals surface area contributed by atoms with E-state index in [9.17, 15) is 19.3 Å². The summed E-state index contributed by atoms with van der Waals surface area (Å²) < 4.78 is 13.7. The van der Waals surface area contributed by atoms with Gasteiger partial charge < -0.3 is 10.2 Å². The van der Waals surface area contributed by atoms with E-state index in [1.165, 1.54) is 18.5 Å². The molecule has 0 bridgehead atoms. The predicted molar refractivity (Wildman–Crippen MR) is 88.0 cm³/mol. The van der Waals surface area contributed by atoms with Gasteiger partial charge in [-0.3, -0.25) is 14.9 Å². The number of hydrogen-bond donors (Lipinski definition) is 1.